The molecule has 1 aliphatic rings. The molecular weight excluding hydrogens is 234 g/mol. The lowest BCUT2D eigenvalue weighted by molar-refractivity contribution is -0.137. The van der Waals surface area contributed by atoms with Crippen molar-refractivity contribution in [2.75, 3.05) is 25.5 Å². The van der Waals surface area contributed by atoms with Gasteiger partial charge in [0.25, 0.3) is 0 Å². The van der Waals surface area contributed by atoms with Gasteiger partial charge in [0.15, 0.2) is 0 Å². The van der Waals surface area contributed by atoms with Crippen LogP contribution < -0.4 is 4.72 Å². The molecule has 1 heterocycles. The van der Waals surface area contributed by atoms with E-state index in [2.05, 4.69) is 4.72 Å². The minimum absolute atomic E-state index is 0.118. The van der Waals surface area contributed by atoms with E-state index in [9.17, 15) is 13.2 Å². The first-order valence-electron chi connectivity index (χ1n) is 5.26. The molecule has 0 aliphatic carbocycles. The number of hydrogen-bond acceptors (Lipinski definition) is 4. The molecule has 0 spiro atoms. The maximum atomic E-state index is 11.4. The van der Waals surface area contributed by atoms with Crippen molar-refractivity contribution in [3.8, 4) is 0 Å². The van der Waals surface area contributed by atoms with Crippen LogP contribution in [0.15, 0.2) is 0 Å². The number of aliphatic carboxylic acids is 1. The zero-order valence-electron chi connectivity index (χ0n) is 9.02. The minimum Gasteiger partial charge on any atom is -0.481 e. The average molecular weight is 251 g/mol. The molecule has 0 aromatic heterocycles. The highest BCUT2D eigenvalue weighted by Crippen LogP contribution is 2.11. The predicted molar refractivity (Wildman–Crippen MR) is 57.6 cm³/mol. The van der Waals surface area contributed by atoms with E-state index in [1.165, 1.54) is 0 Å². The first-order chi connectivity index (χ1) is 7.49. The van der Waals surface area contributed by atoms with E-state index in [4.69, 9.17) is 9.84 Å². The van der Waals surface area contributed by atoms with Gasteiger partial charge in [0, 0.05) is 19.6 Å². The van der Waals surface area contributed by atoms with Crippen molar-refractivity contribution in [2.45, 2.75) is 19.3 Å². The third kappa shape index (κ3) is 5.43. The van der Waals surface area contributed by atoms with Gasteiger partial charge in [-0.3, -0.25) is 4.79 Å². The molecular formula is C9H17NO5S. The normalized spacial score (nSPS) is 21.1. The largest absolute Gasteiger partial charge is 0.481 e. The van der Waals surface area contributed by atoms with E-state index in [0.717, 1.165) is 6.42 Å². The van der Waals surface area contributed by atoms with Crippen LogP contribution in [0.2, 0.25) is 0 Å². The number of carboxylic acids is 1. The summed E-state index contributed by atoms with van der Waals surface area (Å²) in [6.07, 6.45) is 0.900. The van der Waals surface area contributed by atoms with E-state index < -0.39 is 16.0 Å². The van der Waals surface area contributed by atoms with Crippen LogP contribution in [0.3, 0.4) is 0 Å². The molecule has 0 radical (unpaired) electrons. The molecule has 16 heavy (non-hydrogen) atoms. The summed E-state index contributed by atoms with van der Waals surface area (Å²) < 4.78 is 30.4. The van der Waals surface area contributed by atoms with Crippen LogP contribution in [0.5, 0.6) is 0 Å². The monoisotopic (exact) mass is 251 g/mol. The predicted octanol–water partition coefficient (Wildman–Crippen LogP) is -0.193. The van der Waals surface area contributed by atoms with Gasteiger partial charge in [-0.05, 0) is 18.8 Å². The molecule has 0 aromatic rings. The summed E-state index contributed by atoms with van der Waals surface area (Å²) >= 11 is 0. The standard InChI is InChI=1S/C9H17NO5S/c11-9(12)2-1-5-16(13,14)10-6-8-3-4-15-7-8/h8,10H,1-7H2,(H,11,12). The Labute approximate surface area is 95.0 Å². The molecule has 6 nitrogen and oxygen atoms in total. The Morgan fingerprint density at radius 2 is 2.25 bits per heavy atom. The van der Waals surface area contributed by atoms with E-state index in [-0.39, 0.29) is 24.5 Å². The lowest BCUT2D eigenvalue weighted by atomic mass is 10.1. The Morgan fingerprint density at radius 1 is 1.50 bits per heavy atom. The minimum atomic E-state index is -3.33. The fraction of sp³-hybridized carbons (Fsp3) is 0.889. The molecule has 0 bridgehead atoms. The summed E-state index contributed by atoms with van der Waals surface area (Å²) in [5, 5.41) is 8.38. The summed E-state index contributed by atoms with van der Waals surface area (Å²) in [5.41, 5.74) is 0. The number of ether oxygens (including phenoxy) is 1. The summed E-state index contributed by atoms with van der Waals surface area (Å²) in [7, 11) is -3.33. The molecule has 1 fully saturated rings. The van der Waals surface area contributed by atoms with E-state index in [0.29, 0.717) is 19.8 Å². The molecule has 1 unspecified atom stereocenters. The topological polar surface area (TPSA) is 92.7 Å². The van der Waals surface area contributed by atoms with Crippen LogP contribution in [-0.2, 0) is 19.6 Å². The molecule has 1 saturated heterocycles. The van der Waals surface area contributed by atoms with Crippen molar-refractivity contribution >= 4 is 16.0 Å². The second kappa shape index (κ2) is 6.17. The highest BCUT2D eigenvalue weighted by Gasteiger charge is 2.18. The summed E-state index contributed by atoms with van der Waals surface area (Å²) in [5.74, 6) is -0.860. The fourth-order valence-electron chi connectivity index (χ4n) is 1.47. The van der Waals surface area contributed by atoms with Gasteiger partial charge in [0.1, 0.15) is 0 Å². The van der Waals surface area contributed by atoms with Crippen LogP contribution in [0.4, 0.5) is 0 Å². The van der Waals surface area contributed by atoms with Gasteiger partial charge in [0.2, 0.25) is 10.0 Å². The van der Waals surface area contributed by atoms with Crippen LogP contribution in [0.25, 0.3) is 0 Å². The molecule has 2 N–H and O–H groups in total. The van der Waals surface area contributed by atoms with Crippen LogP contribution in [0.1, 0.15) is 19.3 Å². The van der Waals surface area contributed by atoms with Gasteiger partial charge in [-0.2, -0.15) is 0 Å². The summed E-state index contributed by atoms with van der Waals surface area (Å²) in [6, 6.07) is 0. The SMILES string of the molecule is O=C(O)CCCS(=O)(=O)NCC1CCOC1. The maximum absolute atomic E-state index is 11.4. The fourth-order valence-corrected chi connectivity index (χ4v) is 2.63. The quantitative estimate of drug-likeness (QED) is 0.654. The highest BCUT2D eigenvalue weighted by molar-refractivity contribution is 7.89. The number of nitrogens with one attached hydrogen (secondary N) is 1. The van der Waals surface area contributed by atoms with Crippen LogP contribution >= 0.6 is 0 Å². The molecule has 1 atom stereocenters. The third-order valence-electron chi connectivity index (χ3n) is 2.42. The summed E-state index contributed by atoms with van der Waals surface area (Å²) in [4.78, 5) is 10.2. The van der Waals surface area contributed by atoms with E-state index in [1.54, 1.807) is 0 Å². The van der Waals surface area contributed by atoms with Gasteiger partial charge in [0.05, 0.1) is 12.4 Å². The molecule has 0 aromatic carbocycles. The second-order valence-corrected chi connectivity index (χ2v) is 5.82. The Bertz CT molecular complexity index is 321. The number of rotatable bonds is 7. The third-order valence-corrected chi connectivity index (χ3v) is 3.85. The molecule has 1 aliphatic heterocycles. The zero-order valence-corrected chi connectivity index (χ0v) is 9.83. The van der Waals surface area contributed by atoms with Crippen molar-refractivity contribution in [1.29, 1.82) is 0 Å². The van der Waals surface area contributed by atoms with Crippen molar-refractivity contribution in [3.63, 3.8) is 0 Å². The van der Waals surface area contributed by atoms with Gasteiger partial charge in [-0.25, -0.2) is 13.1 Å². The second-order valence-electron chi connectivity index (χ2n) is 3.89. The molecule has 0 amide bonds. The van der Waals surface area contributed by atoms with Crippen molar-refractivity contribution in [1.82, 2.24) is 4.72 Å². The first kappa shape index (κ1) is 13.4. The Kier molecular flexibility index (Phi) is 5.17. The van der Waals surface area contributed by atoms with Crippen molar-refractivity contribution in [2.24, 2.45) is 5.92 Å². The number of hydrogen-bond donors (Lipinski definition) is 2. The Morgan fingerprint density at radius 3 is 2.81 bits per heavy atom. The Hall–Kier alpha value is -0.660. The zero-order chi connectivity index (χ0) is 12.0. The lowest BCUT2D eigenvalue weighted by Gasteiger charge is -2.09. The van der Waals surface area contributed by atoms with Crippen LogP contribution in [0, 0.1) is 5.92 Å². The van der Waals surface area contributed by atoms with Crippen molar-refractivity contribution in [3.05, 3.63) is 0 Å². The molecule has 94 valence electrons. The van der Waals surface area contributed by atoms with Gasteiger partial charge < -0.3 is 9.84 Å². The number of carbonyl (C=O) groups is 1. The highest BCUT2D eigenvalue weighted by atomic mass is 32.2. The smallest absolute Gasteiger partial charge is 0.303 e. The molecule has 1 rings (SSSR count). The van der Waals surface area contributed by atoms with Crippen molar-refractivity contribution < 1.29 is 23.1 Å². The van der Waals surface area contributed by atoms with E-state index >= 15 is 0 Å². The van der Waals surface area contributed by atoms with Gasteiger partial charge in [-0.1, -0.05) is 0 Å². The van der Waals surface area contributed by atoms with Gasteiger partial charge >= 0.3 is 5.97 Å². The van der Waals surface area contributed by atoms with Crippen LogP contribution in [-0.4, -0.2) is 45.0 Å². The number of sulfonamides is 1. The molecule has 7 heteroatoms. The first-order valence-corrected chi connectivity index (χ1v) is 6.92. The van der Waals surface area contributed by atoms with Gasteiger partial charge in [-0.15, -0.1) is 0 Å². The molecule has 0 saturated carbocycles. The Balaban J connectivity index is 2.20. The summed E-state index contributed by atoms with van der Waals surface area (Å²) in [6.45, 7) is 1.67. The maximum Gasteiger partial charge on any atom is 0.303 e. The number of carboxylic acid groups (broad SMARTS) is 1. The van der Waals surface area contributed by atoms with E-state index in [1.807, 2.05) is 0 Å². The lowest BCUT2D eigenvalue weighted by Crippen LogP contribution is -2.31. The average Bonchev–Trinajstić information content (AvgIpc) is 2.66.